The van der Waals surface area contributed by atoms with E-state index in [9.17, 15) is 14.7 Å². The lowest BCUT2D eigenvalue weighted by Crippen LogP contribution is -2.27. The summed E-state index contributed by atoms with van der Waals surface area (Å²) >= 11 is 0. The Labute approximate surface area is 199 Å². The van der Waals surface area contributed by atoms with Crippen LogP contribution in [0.4, 0.5) is 0 Å². The van der Waals surface area contributed by atoms with Gasteiger partial charge in [-0.25, -0.2) is 4.79 Å². The van der Waals surface area contributed by atoms with E-state index in [2.05, 4.69) is 24.4 Å². The molecule has 0 spiro atoms. The Morgan fingerprint density at radius 2 is 1.53 bits per heavy atom. The number of carbonyl (C=O) groups is 2. The summed E-state index contributed by atoms with van der Waals surface area (Å²) in [6.45, 7) is 2.83. The molecule has 172 valence electrons. The quantitative estimate of drug-likeness (QED) is 0.359. The van der Waals surface area contributed by atoms with Gasteiger partial charge in [0.1, 0.15) is 17.9 Å². The van der Waals surface area contributed by atoms with Gasteiger partial charge in [-0.15, -0.1) is 0 Å². The molecule has 4 aromatic rings. The zero-order chi connectivity index (χ0) is 23.9. The number of aromatic carboxylic acids is 1. The second-order valence-corrected chi connectivity index (χ2v) is 8.24. The molecule has 0 fully saturated rings. The lowest BCUT2D eigenvalue weighted by molar-refractivity contribution is -0.120. The van der Waals surface area contributed by atoms with Crippen LogP contribution < -0.4 is 10.1 Å². The van der Waals surface area contributed by atoms with Crippen molar-refractivity contribution in [3.8, 4) is 5.75 Å². The number of nitrogens with one attached hydrogen (secondary N) is 1. The lowest BCUT2D eigenvalue weighted by Gasteiger charge is -2.16. The standard InChI is InChI=1S/C29H27NO4/c1-20-9-5-6-12-22(20)15-16-30-27(31)18-23-17-26(29(32)33)28(25-14-8-7-13-24(23)25)34-19-21-10-3-2-4-11-21/h2-14,17H,15-16,18-19H2,1H3,(H,30,31)(H,32,33). The summed E-state index contributed by atoms with van der Waals surface area (Å²) in [6, 6.07) is 26.7. The first-order chi connectivity index (χ1) is 16.5. The van der Waals surface area contributed by atoms with E-state index >= 15 is 0 Å². The molecule has 1 amide bonds. The van der Waals surface area contributed by atoms with Crippen molar-refractivity contribution < 1.29 is 19.4 Å². The van der Waals surface area contributed by atoms with Gasteiger partial charge in [0.15, 0.2) is 0 Å². The summed E-state index contributed by atoms with van der Waals surface area (Å²) in [5.74, 6) is -0.918. The molecule has 0 aromatic heterocycles. The van der Waals surface area contributed by atoms with E-state index in [0.717, 1.165) is 17.4 Å². The lowest BCUT2D eigenvalue weighted by atomic mass is 9.97. The fraction of sp³-hybridized carbons (Fsp3) is 0.172. The normalized spacial score (nSPS) is 10.7. The van der Waals surface area contributed by atoms with E-state index in [1.807, 2.05) is 66.7 Å². The highest BCUT2D eigenvalue weighted by Gasteiger charge is 2.19. The van der Waals surface area contributed by atoms with Gasteiger partial charge in [-0.05, 0) is 47.1 Å². The third-order valence-electron chi connectivity index (χ3n) is 5.87. The van der Waals surface area contributed by atoms with E-state index in [1.54, 1.807) is 6.07 Å². The van der Waals surface area contributed by atoms with E-state index in [0.29, 0.717) is 23.2 Å². The minimum absolute atomic E-state index is 0.0531. The maximum absolute atomic E-state index is 12.7. The summed E-state index contributed by atoms with van der Waals surface area (Å²) in [7, 11) is 0. The molecule has 2 N–H and O–H groups in total. The first-order valence-electron chi connectivity index (χ1n) is 11.3. The Morgan fingerprint density at radius 3 is 2.26 bits per heavy atom. The molecule has 5 nitrogen and oxygen atoms in total. The fourth-order valence-corrected chi connectivity index (χ4v) is 4.08. The Kier molecular flexibility index (Phi) is 7.23. The van der Waals surface area contributed by atoms with Crippen LogP contribution in [0.2, 0.25) is 0 Å². The number of rotatable bonds is 9. The van der Waals surface area contributed by atoms with Crippen LogP contribution in [0, 0.1) is 6.92 Å². The average molecular weight is 454 g/mol. The monoisotopic (exact) mass is 453 g/mol. The average Bonchev–Trinajstić information content (AvgIpc) is 2.85. The molecule has 0 bridgehead atoms. The van der Waals surface area contributed by atoms with Crippen molar-refractivity contribution in [1.82, 2.24) is 5.32 Å². The number of ether oxygens (including phenoxy) is 1. The minimum atomic E-state index is -1.09. The molecule has 0 aliphatic carbocycles. The third-order valence-corrected chi connectivity index (χ3v) is 5.87. The molecule has 0 unspecified atom stereocenters. The second kappa shape index (κ2) is 10.7. The zero-order valence-corrected chi connectivity index (χ0v) is 19.1. The van der Waals surface area contributed by atoms with Crippen LogP contribution >= 0.6 is 0 Å². The van der Waals surface area contributed by atoms with Gasteiger partial charge < -0.3 is 15.2 Å². The van der Waals surface area contributed by atoms with Crippen LogP contribution in [0.15, 0.2) is 84.9 Å². The highest BCUT2D eigenvalue weighted by atomic mass is 16.5. The summed E-state index contributed by atoms with van der Waals surface area (Å²) in [5.41, 5.74) is 4.05. The molecule has 0 heterocycles. The molecule has 4 aromatic carbocycles. The Morgan fingerprint density at radius 1 is 0.853 bits per heavy atom. The molecule has 4 rings (SSSR count). The number of aryl methyl sites for hydroxylation is 1. The number of carboxylic acids is 1. The number of amides is 1. The van der Waals surface area contributed by atoms with E-state index in [-0.39, 0.29) is 24.5 Å². The summed E-state index contributed by atoms with van der Waals surface area (Å²) in [5, 5.41) is 14.3. The van der Waals surface area contributed by atoms with Crippen LogP contribution in [-0.2, 0) is 24.2 Å². The number of benzene rings is 4. The SMILES string of the molecule is Cc1ccccc1CCNC(=O)Cc1cc(C(=O)O)c(OCc2ccccc2)c2ccccc12. The number of carbonyl (C=O) groups excluding carboxylic acids is 1. The number of hydrogen-bond donors (Lipinski definition) is 2. The van der Waals surface area contributed by atoms with Crippen LogP contribution in [0.5, 0.6) is 5.75 Å². The van der Waals surface area contributed by atoms with Crippen molar-refractivity contribution in [3.05, 3.63) is 113 Å². The molecular weight excluding hydrogens is 426 g/mol. The van der Waals surface area contributed by atoms with Crippen LogP contribution in [0.3, 0.4) is 0 Å². The predicted octanol–water partition coefficient (Wildman–Crippen LogP) is 5.33. The molecule has 0 aliphatic heterocycles. The van der Waals surface area contributed by atoms with E-state index in [4.69, 9.17) is 4.74 Å². The largest absolute Gasteiger partial charge is 0.487 e. The topological polar surface area (TPSA) is 75.6 Å². The Hall–Kier alpha value is -4.12. The maximum Gasteiger partial charge on any atom is 0.339 e. The second-order valence-electron chi connectivity index (χ2n) is 8.24. The summed E-state index contributed by atoms with van der Waals surface area (Å²) in [6.07, 6.45) is 0.833. The zero-order valence-electron chi connectivity index (χ0n) is 19.1. The minimum Gasteiger partial charge on any atom is -0.487 e. The highest BCUT2D eigenvalue weighted by molar-refractivity contribution is 6.03. The highest BCUT2D eigenvalue weighted by Crippen LogP contribution is 2.34. The Bertz CT molecular complexity index is 1310. The van der Waals surface area contributed by atoms with Gasteiger partial charge in [0.25, 0.3) is 0 Å². The van der Waals surface area contributed by atoms with Gasteiger partial charge in [0, 0.05) is 11.9 Å². The number of hydrogen-bond acceptors (Lipinski definition) is 3. The van der Waals surface area contributed by atoms with Crippen LogP contribution in [-0.4, -0.2) is 23.5 Å². The molecule has 0 saturated heterocycles. The Balaban J connectivity index is 1.55. The van der Waals surface area contributed by atoms with Crippen LogP contribution in [0.1, 0.15) is 32.6 Å². The molecular formula is C29H27NO4. The molecule has 0 aliphatic rings. The van der Waals surface area contributed by atoms with Gasteiger partial charge in [-0.3, -0.25) is 4.79 Å². The predicted molar refractivity (Wildman–Crippen MR) is 133 cm³/mol. The van der Waals surface area contributed by atoms with Crippen LogP contribution in [0.25, 0.3) is 10.8 Å². The fourth-order valence-electron chi connectivity index (χ4n) is 4.08. The number of carboxylic acid groups (broad SMARTS) is 1. The van der Waals surface area contributed by atoms with Crippen molar-refractivity contribution in [2.24, 2.45) is 0 Å². The van der Waals surface area contributed by atoms with Crippen molar-refractivity contribution in [3.63, 3.8) is 0 Å². The van der Waals surface area contributed by atoms with Crippen molar-refractivity contribution in [2.75, 3.05) is 6.54 Å². The van der Waals surface area contributed by atoms with Gasteiger partial charge in [-0.2, -0.15) is 0 Å². The van der Waals surface area contributed by atoms with Crippen molar-refractivity contribution >= 4 is 22.6 Å². The van der Waals surface area contributed by atoms with Crippen molar-refractivity contribution in [1.29, 1.82) is 0 Å². The molecule has 5 heteroatoms. The summed E-state index contributed by atoms with van der Waals surface area (Å²) < 4.78 is 6.00. The van der Waals surface area contributed by atoms with Gasteiger partial charge >= 0.3 is 5.97 Å². The molecule has 0 radical (unpaired) electrons. The summed E-state index contributed by atoms with van der Waals surface area (Å²) in [4.78, 5) is 24.8. The third kappa shape index (κ3) is 5.44. The van der Waals surface area contributed by atoms with E-state index < -0.39 is 5.97 Å². The maximum atomic E-state index is 12.7. The van der Waals surface area contributed by atoms with Gasteiger partial charge in [-0.1, -0.05) is 78.9 Å². The molecule has 0 saturated carbocycles. The van der Waals surface area contributed by atoms with Gasteiger partial charge in [0.2, 0.25) is 5.91 Å². The first-order valence-corrected chi connectivity index (χ1v) is 11.3. The molecule has 0 atom stereocenters. The first kappa shape index (κ1) is 23.1. The molecule has 34 heavy (non-hydrogen) atoms. The smallest absolute Gasteiger partial charge is 0.339 e. The van der Waals surface area contributed by atoms with Gasteiger partial charge in [0.05, 0.1) is 6.42 Å². The number of fused-ring (bicyclic) bond motifs is 1. The van der Waals surface area contributed by atoms with Crippen molar-refractivity contribution in [2.45, 2.75) is 26.4 Å². The van der Waals surface area contributed by atoms with E-state index in [1.165, 1.54) is 11.1 Å².